The third-order valence-electron chi connectivity index (χ3n) is 2.46. The molecule has 0 saturated carbocycles. The van der Waals surface area contributed by atoms with Crippen LogP contribution in [0, 0.1) is 11.3 Å². The minimum Gasteiger partial charge on any atom is -0.386 e. The average molecular weight is 258 g/mol. The fraction of sp³-hybridized carbons (Fsp3) is 0.357. The maximum Gasteiger partial charge on any atom is 0.263 e. The van der Waals surface area contributed by atoms with Crippen molar-refractivity contribution in [1.82, 2.24) is 15.6 Å². The molecular weight excluding hydrogens is 240 g/mol. The molecule has 0 saturated heterocycles. The number of aromatic nitrogens is 1. The zero-order valence-corrected chi connectivity index (χ0v) is 11.0. The van der Waals surface area contributed by atoms with Gasteiger partial charge in [-0.15, -0.1) is 0 Å². The highest BCUT2D eigenvalue weighted by Gasteiger charge is 2.06. The SMILES string of the molecule is CCCCNC(=O)/C(C#N)=C\NCc1cccnc1. The van der Waals surface area contributed by atoms with Gasteiger partial charge >= 0.3 is 0 Å². The van der Waals surface area contributed by atoms with Crippen LogP contribution in [0.5, 0.6) is 0 Å². The van der Waals surface area contributed by atoms with Crippen LogP contribution in [0.15, 0.2) is 36.3 Å². The van der Waals surface area contributed by atoms with Crippen LogP contribution < -0.4 is 10.6 Å². The quantitative estimate of drug-likeness (QED) is 0.441. The second-order valence-electron chi connectivity index (χ2n) is 4.02. The van der Waals surface area contributed by atoms with Gasteiger partial charge in [-0.05, 0) is 18.1 Å². The second kappa shape index (κ2) is 8.70. The van der Waals surface area contributed by atoms with Gasteiger partial charge in [0.15, 0.2) is 0 Å². The number of nitriles is 1. The Morgan fingerprint density at radius 2 is 2.42 bits per heavy atom. The Balaban J connectivity index is 2.44. The van der Waals surface area contributed by atoms with Crippen molar-refractivity contribution in [3.63, 3.8) is 0 Å². The molecule has 19 heavy (non-hydrogen) atoms. The van der Waals surface area contributed by atoms with E-state index in [1.807, 2.05) is 25.1 Å². The molecule has 1 aromatic heterocycles. The molecule has 0 fully saturated rings. The molecule has 1 heterocycles. The van der Waals surface area contributed by atoms with Gasteiger partial charge in [-0.1, -0.05) is 19.4 Å². The van der Waals surface area contributed by atoms with Crippen LogP contribution >= 0.6 is 0 Å². The van der Waals surface area contributed by atoms with Crippen LogP contribution in [-0.2, 0) is 11.3 Å². The minimum atomic E-state index is -0.338. The minimum absolute atomic E-state index is 0.0833. The van der Waals surface area contributed by atoms with Crippen molar-refractivity contribution in [2.24, 2.45) is 0 Å². The van der Waals surface area contributed by atoms with Crippen LogP contribution in [-0.4, -0.2) is 17.4 Å². The summed E-state index contributed by atoms with van der Waals surface area (Å²) in [5.41, 5.74) is 1.07. The molecule has 5 nitrogen and oxygen atoms in total. The van der Waals surface area contributed by atoms with Crippen molar-refractivity contribution < 1.29 is 4.79 Å². The summed E-state index contributed by atoms with van der Waals surface area (Å²) in [5, 5.41) is 14.6. The van der Waals surface area contributed by atoms with Crippen molar-refractivity contribution in [3.05, 3.63) is 41.9 Å². The Bertz CT molecular complexity index is 462. The Morgan fingerprint density at radius 1 is 1.58 bits per heavy atom. The van der Waals surface area contributed by atoms with Gasteiger partial charge in [0.2, 0.25) is 0 Å². The summed E-state index contributed by atoms with van der Waals surface area (Å²) >= 11 is 0. The molecular formula is C14H18N4O. The second-order valence-corrected chi connectivity index (χ2v) is 4.02. The summed E-state index contributed by atoms with van der Waals surface area (Å²) in [6, 6.07) is 5.64. The maximum atomic E-state index is 11.6. The third kappa shape index (κ3) is 5.68. The number of rotatable bonds is 7. The summed E-state index contributed by atoms with van der Waals surface area (Å²) in [4.78, 5) is 15.6. The van der Waals surface area contributed by atoms with Gasteiger partial charge < -0.3 is 10.6 Å². The van der Waals surface area contributed by atoms with Crippen molar-refractivity contribution in [1.29, 1.82) is 5.26 Å². The van der Waals surface area contributed by atoms with E-state index in [1.165, 1.54) is 6.20 Å². The van der Waals surface area contributed by atoms with Gasteiger partial charge in [-0.3, -0.25) is 9.78 Å². The molecule has 0 atom stereocenters. The first-order valence-corrected chi connectivity index (χ1v) is 6.28. The third-order valence-corrected chi connectivity index (χ3v) is 2.46. The molecule has 1 amide bonds. The number of amides is 1. The summed E-state index contributed by atoms with van der Waals surface area (Å²) in [6.07, 6.45) is 6.78. The normalized spacial score (nSPS) is 10.6. The molecule has 0 aliphatic rings. The first-order chi connectivity index (χ1) is 9.27. The molecule has 0 aromatic carbocycles. The number of hydrogen-bond donors (Lipinski definition) is 2. The lowest BCUT2D eigenvalue weighted by Crippen LogP contribution is -2.26. The van der Waals surface area contributed by atoms with Crippen LogP contribution in [0.25, 0.3) is 0 Å². The van der Waals surface area contributed by atoms with E-state index < -0.39 is 0 Å². The van der Waals surface area contributed by atoms with E-state index >= 15 is 0 Å². The maximum absolute atomic E-state index is 11.6. The summed E-state index contributed by atoms with van der Waals surface area (Å²) in [5.74, 6) is -0.338. The van der Waals surface area contributed by atoms with Crippen LogP contribution in [0.3, 0.4) is 0 Å². The summed E-state index contributed by atoms with van der Waals surface area (Å²) in [6.45, 7) is 3.17. The van der Waals surface area contributed by atoms with Crippen molar-refractivity contribution in [2.45, 2.75) is 26.3 Å². The van der Waals surface area contributed by atoms with E-state index in [9.17, 15) is 4.79 Å². The molecule has 0 spiro atoms. The standard InChI is InChI=1S/C14H18N4O/c1-2-3-7-18-14(19)13(8-15)11-17-10-12-5-4-6-16-9-12/h4-6,9,11,17H,2-3,7,10H2,1H3,(H,18,19)/b13-11-. The van der Waals surface area contributed by atoms with Gasteiger partial charge in [0.1, 0.15) is 11.6 Å². The number of carbonyl (C=O) groups excluding carboxylic acids is 1. The first kappa shape index (κ1) is 14.7. The van der Waals surface area contributed by atoms with E-state index in [0.29, 0.717) is 13.1 Å². The number of nitrogens with one attached hydrogen (secondary N) is 2. The lowest BCUT2D eigenvalue weighted by molar-refractivity contribution is -0.117. The molecule has 0 radical (unpaired) electrons. The van der Waals surface area contributed by atoms with E-state index in [2.05, 4.69) is 15.6 Å². The zero-order valence-electron chi connectivity index (χ0n) is 11.0. The number of hydrogen-bond acceptors (Lipinski definition) is 4. The Kier molecular flexibility index (Phi) is 6.73. The predicted octanol–water partition coefficient (Wildman–Crippen LogP) is 1.49. The molecule has 1 rings (SSSR count). The topological polar surface area (TPSA) is 77.8 Å². The van der Waals surface area contributed by atoms with Crippen LogP contribution in [0.4, 0.5) is 0 Å². The van der Waals surface area contributed by atoms with E-state index in [4.69, 9.17) is 5.26 Å². The fourth-order valence-corrected chi connectivity index (χ4v) is 1.40. The predicted molar refractivity (Wildman–Crippen MR) is 72.7 cm³/mol. The Morgan fingerprint density at radius 3 is 3.05 bits per heavy atom. The lowest BCUT2D eigenvalue weighted by Gasteiger charge is -2.04. The molecule has 0 aliphatic carbocycles. The van der Waals surface area contributed by atoms with Crippen LogP contribution in [0.2, 0.25) is 0 Å². The van der Waals surface area contributed by atoms with E-state index in [1.54, 1.807) is 12.4 Å². The monoisotopic (exact) mass is 258 g/mol. The van der Waals surface area contributed by atoms with E-state index in [-0.39, 0.29) is 11.5 Å². The number of carbonyl (C=O) groups is 1. The largest absolute Gasteiger partial charge is 0.386 e. The van der Waals surface area contributed by atoms with Gasteiger partial charge in [0, 0.05) is 31.7 Å². The number of unbranched alkanes of at least 4 members (excludes halogenated alkanes) is 1. The number of nitrogens with zero attached hydrogens (tertiary/aromatic N) is 2. The van der Waals surface area contributed by atoms with Crippen molar-refractivity contribution in [3.8, 4) is 6.07 Å². The highest BCUT2D eigenvalue weighted by atomic mass is 16.1. The number of pyridine rings is 1. The smallest absolute Gasteiger partial charge is 0.263 e. The molecule has 0 bridgehead atoms. The lowest BCUT2D eigenvalue weighted by atomic mass is 10.2. The van der Waals surface area contributed by atoms with Gasteiger partial charge in [0.25, 0.3) is 5.91 Å². The molecule has 5 heteroatoms. The fourth-order valence-electron chi connectivity index (χ4n) is 1.40. The Labute approximate surface area is 113 Å². The Hall–Kier alpha value is -2.35. The average Bonchev–Trinajstić information content (AvgIpc) is 2.45. The van der Waals surface area contributed by atoms with Gasteiger partial charge in [0.05, 0.1) is 0 Å². The molecule has 0 aliphatic heterocycles. The molecule has 2 N–H and O–H groups in total. The van der Waals surface area contributed by atoms with E-state index in [0.717, 1.165) is 18.4 Å². The van der Waals surface area contributed by atoms with Crippen molar-refractivity contribution in [2.75, 3.05) is 6.54 Å². The van der Waals surface area contributed by atoms with Gasteiger partial charge in [-0.25, -0.2) is 0 Å². The summed E-state index contributed by atoms with van der Waals surface area (Å²) < 4.78 is 0. The molecule has 100 valence electrons. The van der Waals surface area contributed by atoms with Crippen molar-refractivity contribution >= 4 is 5.91 Å². The highest BCUT2D eigenvalue weighted by Crippen LogP contribution is 1.96. The first-order valence-electron chi connectivity index (χ1n) is 6.28. The zero-order chi connectivity index (χ0) is 13.9. The summed E-state index contributed by atoms with van der Waals surface area (Å²) in [7, 11) is 0. The van der Waals surface area contributed by atoms with Gasteiger partial charge in [-0.2, -0.15) is 5.26 Å². The highest BCUT2D eigenvalue weighted by molar-refractivity contribution is 5.97. The molecule has 1 aromatic rings. The van der Waals surface area contributed by atoms with Crippen LogP contribution in [0.1, 0.15) is 25.3 Å². The molecule has 0 unspecified atom stereocenters.